The number of aliphatic imine (C=N–C) groups is 1. The van der Waals surface area contributed by atoms with Gasteiger partial charge in [-0.1, -0.05) is 35.9 Å². The molecule has 2 N–H and O–H groups in total. The molecular weight excluding hydrogens is 360 g/mol. The van der Waals surface area contributed by atoms with Crippen LogP contribution in [0.5, 0.6) is 5.75 Å². The lowest BCUT2D eigenvalue weighted by Crippen LogP contribution is -2.37. The molecule has 27 heavy (non-hydrogen) atoms. The molecule has 0 saturated carbocycles. The number of hydrogen-bond acceptors (Lipinski definition) is 3. The van der Waals surface area contributed by atoms with E-state index in [1.165, 1.54) is 10.9 Å². The Morgan fingerprint density at radius 1 is 1.04 bits per heavy atom. The van der Waals surface area contributed by atoms with Crippen molar-refractivity contribution in [3.63, 3.8) is 0 Å². The second-order valence-corrected chi connectivity index (χ2v) is 6.53. The Morgan fingerprint density at radius 3 is 2.56 bits per heavy atom. The number of methoxy groups -OCH3 is 1. The number of nitrogens with zero attached hydrogens (tertiary/aromatic N) is 2. The van der Waals surface area contributed by atoms with Gasteiger partial charge in [0.05, 0.1) is 7.11 Å². The Balaban J connectivity index is 1.52. The van der Waals surface area contributed by atoms with Crippen LogP contribution >= 0.6 is 11.6 Å². The van der Waals surface area contributed by atoms with Crippen LogP contribution in [0.1, 0.15) is 11.1 Å². The molecule has 0 aliphatic heterocycles. The molecule has 140 valence electrons. The summed E-state index contributed by atoms with van der Waals surface area (Å²) in [5.74, 6) is 1.64. The number of fused-ring (bicyclic) bond motifs is 1. The number of nitrogens with one attached hydrogen (secondary N) is 2. The van der Waals surface area contributed by atoms with Crippen molar-refractivity contribution in [3.05, 3.63) is 71.0 Å². The Kier molecular flexibility index (Phi) is 6.49. The zero-order valence-corrected chi connectivity index (χ0v) is 16.3. The standard InChI is InChI=1S/C21H23ClN4O/c1-23-21(24-10-9-15-4-8-20(22)25-13-15)26-14-16-3-5-18-12-19(27-2)7-6-17(18)11-16/h3-8,11-13H,9-10,14H2,1-2H3,(H2,23,24,26). The second kappa shape index (κ2) is 9.24. The minimum Gasteiger partial charge on any atom is -0.497 e. The highest BCUT2D eigenvalue weighted by Crippen LogP contribution is 2.21. The number of aromatic nitrogens is 1. The smallest absolute Gasteiger partial charge is 0.191 e. The Hall–Kier alpha value is -2.79. The van der Waals surface area contributed by atoms with Gasteiger partial charge in [-0.05, 0) is 52.6 Å². The minimum atomic E-state index is 0.512. The van der Waals surface area contributed by atoms with Crippen LogP contribution in [0.4, 0.5) is 0 Å². The van der Waals surface area contributed by atoms with Crippen molar-refractivity contribution in [2.75, 3.05) is 20.7 Å². The van der Waals surface area contributed by atoms with Gasteiger partial charge in [0.2, 0.25) is 0 Å². The first-order chi connectivity index (χ1) is 13.2. The van der Waals surface area contributed by atoms with Gasteiger partial charge in [-0.3, -0.25) is 4.99 Å². The zero-order valence-electron chi connectivity index (χ0n) is 15.5. The molecule has 0 aliphatic rings. The largest absolute Gasteiger partial charge is 0.497 e. The molecule has 0 bridgehead atoms. The molecule has 0 amide bonds. The molecule has 5 nitrogen and oxygen atoms in total. The Morgan fingerprint density at radius 2 is 1.81 bits per heavy atom. The van der Waals surface area contributed by atoms with Crippen LogP contribution in [0.25, 0.3) is 10.8 Å². The lowest BCUT2D eigenvalue weighted by molar-refractivity contribution is 0.415. The highest BCUT2D eigenvalue weighted by Gasteiger charge is 2.02. The van der Waals surface area contributed by atoms with Gasteiger partial charge in [-0.2, -0.15) is 0 Å². The Labute approximate surface area is 164 Å². The molecule has 0 spiro atoms. The average Bonchev–Trinajstić information content (AvgIpc) is 2.71. The van der Waals surface area contributed by atoms with Crippen molar-refractivity contribution in [2.24, 2.45) is 4.99 Å². The molecule has 3 rings (SSSR count). The van der Waals surface area contributed by atoms with E-state index in [9.17, 15) is 0 Å². The van der Waals surface area contributed by atoms with E-state index >= 15 is 0 Å². The van der Waals surface area contributed by atoms with Crippen molar-refractivity contribution >= 4 is 28.3 Å². The van der Waals surface area contributed by atoms with E-state index in [4.69, 9.17) is 16.3 Å². The van der Waals surface area contributed by atoms with Crippen molar-refractivity contribution in [2.45, 2.75) is 13.0 Å². The molecule has 0 atom stereocenters. The van der Waals surface area contributed by atoms with Gasteiger partial charge >= 0.3 is 0 Å². The zero-order chi connectivity index (χ0) is 19.1. The van der Waals surface area contributed by atoms with Gasteiger partial charge in [0, 0.05) is 26.3 Å². The molecular formula is C21H23ClN4O. The molecule has 1 aromatic heterocycles. The van der Waals surface area contributed by atoms with E-state index < -0.39 is 0 Å². The Bertz CT molecular complexity index is 925. The number of hydrogen-bond donors (Lipinski definition) is 2. The third-order valence-corrected chi connectivity index (χ3v) is 4.51. The highest BCUT2D eigenvalue weighted by atomic mass is 35.5. The summed E-state index contributed by atoms with van der Waals surface area (Å²) < 4.78 is 5.27. The van der Waals surface area contributed by atoms with Crippen LogP contribution < -0.4 is 15.4 Å². The number of halogens is 1. The van der Waals surface area contributed by atoms with Crippen LogP contribution in [0.2, 0.25) is 5.15 Å². The first-order valence-corrected chi connectivity index (χ1v) is 9.17. The lowest BCUT2D eigenvalue weighted by Gasteiger charge is -2.12. The van der Waals surface area contributed by atoms with E-state index in [1.54, 1.807) is 26.4 Å². The number of ether oxygens (including phenoxy) is 1. The van der Waals surface area contributed by atoms with Crippen LogP contribution in [0.15, 0.2) is 59.7 Å². The summed E-state index contributed by atoms with van der Waals surface area (Å²) in [6.07, 6.45) is 2.65. The van der Waals surface area contributed by atoms with E-state index in [-0.39, 0.29) is 0 Å². The van der Waals surface area contributed by atoms with E-state index in [0.29, 0.717) is 11.7 Å². The average molecular weight is 383 g/mol. The van der Waals surface area contributed by atoms with Gasteiger partial charge < -0.3 is 15.4 Å². The van der Waals surface area contributed by atoms with Gasteiger partial charge in [0.15, 0.2) is 5.96 Å². The summed E-state index contributed by atoms with van der Waals surface area (Å²) in [7, 11) is 3.45. The molecule has 6 heteroatoms. The molecule has 0 saturated heterocycles. The molecule has 3 aromatic rings. The first-order valence-electron chi connectivity index (χ1n) is 8.79. The molecule has 0 unspecified atom stereocenters. The predicted octanol–water partition coefficient (Wildman–Crippen LogP) is 3.80. The van der Waals surface area contributed by atoms with Crippen molar-refractivity contribution in [1.82, 2.24) is 15.6 Å². The topological polar surface area (TPSA) is 58.5 Å². The van der Waals surface area contributed by atoms with Gasteiger partial charge in [-0.25, -0.2) is 4.98 Å². The van der Waals surface area contributed by atoms with Crippen molar-refractivity contribution in [3.8, 4) is 5.75 Å². The van der Waals surface area contributed by atoms with Crippen LogP contribution in [-0.4, -0.2) is 31.6 Å². The van der Waals surface area contributed by atoms with Gasteiger partial charge in [-0.15, -0.1) is 0 Å². The third kappa shape index (κ3) is 5.34. The SMILES string of the molecule is CN=C(NCCc1ccc(Cl)nc1)NCc1ccc2cc(OC)ccc2c1. The van der Waals surface area contributed by atoms with E-state index in [2.05, 4.69) is 44.9 Å². The maximum Gasteiger partial charge on any atom is 0.191 e. The van der Waals surface area contributed by atoms with Crippen LogP contribution in [-0.2, 0) is 13.0 Å². The maximum atomic E-state index is 5.81. The minimum absolute atomic E-state index is 0.512. The van der Waals surface area contributed by atoms with Crippen LogP contribution in [0, 0.1) is 0 Å². The van der Waals surface area contributed by atoms with E-state index in [1.807, 2.05) is 18.2 Å². The fourth-order valence-corrected chi connectivity index (χ4v) is 2.91. The first kappa shape index (κ1) is 19.0. The normalized spacial score (nSPS) is 11.4. The number of pyridine rings is 1. The van der Waals surface area contributed by atoms with Crippen molar-refractivity contribution < 1.29 is 4.74 Å². The third-order valence-electron chi connectivity index (χ3n) is 4.29. The second-order valence-electron chi connectivity index (χ2n) is 6.14. The molecule has 0 aliphatic carbocycles. The molecule has 0 radical (unpaired) electrons. The van der Waals surface area contributed by atoms with E-state index in [0.717, 1.165) is 35.6 Å². The van der Waals surface area contributed by atoms with Gasteiger partial charge in [0.25, 0.3) is 0 Å². The van der Waals surface area contributed by atoms with Gasteiger partial charge in [0.1, 0.15) is 10.9 Å². The molecule has 0 fully saturated rings. The number of guanidine groups is 1. The fourth-order valence-electron chi connectivity index (χ4n) is 2.80. The monoisotopic (exact) mass is 382 g/mol. The summed E-state index contributed by atoms with van der Waals surface area (Å²) in [4.78, 5) is 8.37. The highest BCUT2D eigenvalue weighted by molar-refractivity contribution is 6.29. The lowest BCUT2D eigenvalue weighted by atomic mass is 10.1. The number of rotatable bonds is 6. The van der Waals surface area contributed by atoms with Crippen molar-refractivity contribution in [1.29, 1.82) is 0 Å². The quantitative estimate of drug-likeness (QED) is 0.386. The molecule has 2 aromatic carbocycles. The summed E-state index contributed by atoms with van der Waals surface area (Å²) >= 11 is 5.81. The maximum absolute atomic E-state index is 5.81. The molecule has 1 heterocycles. The predicted molar refractivity (Wildman–Crippen MR) is 112 cm³/mol. The number of benzene rings is 2. The summed E-state index contributed by atoms with van der Waals surface area (Å²) in [6, 6.07) is 16.3. The summed E-state index contributed by atoms with van der Waals surface area (Å²) in [5.41, 5.74) is 2.32. The van der Waals surface area contributed by atoms with Crippen LogP contribution in [0.3, 0.4) is 0 Å². The summed E-state index contributed by atoms with van der Waals surface area (Å²) in [6.45, 7) is 1.46. The fraction of sp³-hybridized carbons (Fsp3) is 0.238. The summed E-state index contributed by atoms with van der Waals surface area (Å²) in [5, 5.41) is 9.53.